The summed E-state index contributed by atoms with van der Waals surface area (Å²) in [5, 5.41) is 3.14. The average molecular weight is 330 g/mol. The Morgan fingerprint density at radius 1 is 1.29 bits per heavy atom. The van der Waals surface area contributed by atoms with Crippen LogP contribution in [0.5, 0.6) is 5.75 Å². The summed E-state index contributed by atoms with van der Waals surface area (Å²) in [6.45, 7) is 2.72. The Balaban J connectivity index is 1.49. The molecular weight excluding hydrogens is 300 g/mol. The minimum atomic E-state index is 0.160. The molecule has 0 heterocycles. The van der Waals surface area contributed by atoms with Crippen LogP contribution in [-0.2, 0) is 11.2 Å². The highest BCUT2D eigenvalue weighted by Gasteiger charge is 2.40. The minimum Gasteiger partial charge on any atom is -0.496 e. The highest BCUT2D eigenvalue weighted by atomic mass is 16.5. The van der Waals surface area contributed by atoms with Gasteiger partial charge in [0.15, 0.2) is 0 Å². The molecular formula is C20H30N2O2. The quantitative estimate of drug-likeness (QED) is 0.872. The maximum absolute atomic E-state index is 12.5. The average Bonchev–Trinajstić information content (AvgIpc) is 2.56. The first-order valence-corrected chi connectivity index (χ1v) is 9.25. The van der Waals surface area contributed by atoms with E-state index >= 15 is 0 Å². The molecule has 132 valence electrons. The number of fused-ring (bicyclic) bond motifs is 2. The summed E-state index contributed by atoms with van der Waals surface area (Å²) in [6.07, 6.45) is 6.47. The van der Waals surface area contributed by atoms with Crippen molar-refractivity contribution >= 4 is 5.91 Å². The number of hydrogen-bond acceptors (Lipinski definition) is 3. The monoisotopic (exact) mass is 330 g/mol. The second-order valence-corrected chi connectivity index (χ2v) is 7.54. The van der Waals surface area contributed by atoms with E-state index in [1.807, 2.05) is 6.92 Å². The van der Waals surface area contributed by atoms with Crippen LogP contribution in [-0.4, -0.2) is 25.6 Å². The van der Waals surface area contributed by atoms with Crippen molar-refractivity contribution in [3.63, 3.8) is 0 Å². The first kappa shape index (κ1) is 17.3. The Bertz CT molecular complexity index is 573. The lowest BCUT2D eigenvalue weighted by molar-refractivity contribution is -0.127. The van der Waals surface area contributed by atoms with Gasteiger partial charge in [-0.1, -0.05) is 18.6 Å². The number of rotatable bonds is 5. The minimum absolute atomic E-state index is 0.160. The third-order valence-electron chi connectivity index (χ3n) is 5.97. The Labute approximate surface area is 145 Å². The largest absolute Gasteiger partial charge is 0.496 e. The predicted molar refractivity (Wildman–Crippen MR) is 96.0 cm³/mol. The van der Waals surface area contributed by atoms with E-state index in [0.717, 1.165) is 30.6 Å². The van der Waals surface area contributed by atoms with Gasteiger partial charge in [0.25, 0.3) is 0 Å². The SMILES string of the molecule is COc1cc(CCNC(=O)C2CC3CCCC(C2)C3N)ccc1C. The lowest BCUT2D eigenvalue weighted by Crippen LogP contribution is -2.49. The molecule has 0 saturated heterocycles. The molecule has 1 aromatic carbocycles. The van der Waals surface area contributed by atoms with Gasteiger partial charge in [-0.05, 0) is 68.1 Å². The Morgan fingerprint density at radius 2 is 2.00 bits per heavy atom. The van der Waals surface area contributed by atoms with Gasteiger partial charge in [0.05, 0.1) is 7.11 Å². The van der Waals surface area contributed by atoms with E-state index in [-0.39, 0.29) is 11.8 Å². The first-order chi connectivity index (χ1) is 11.6. The third-order valence-corrected chi connectivity index (χ3v) is 5.97. The zero-order chi connectivity index (χ0) is 17.1. The zero-order valence-corrected chi connectivity index (χ0v) is 14.9. The summed E-state index contributed by atoms with van der Waals surface area (Å²) in [5.41, 5.74) is 8.65. The maximum atomic E-state index is 12.5. The van der Waals surface area contributed by atoms with Crippen LogP contribution in [0.3, 0.4) is 0 Å². The van der Waals surface area contributed by atoms with Gasteiger partial charge in [0.2, 0.25) is 5.91 Å². The number of aryl methyl sites for hydroxylation is 1. The second-order valence-electron chi connectivity index (χ2n) is 7.54. The van der Waals surface area contributed by atoms with Crippen LogP contribution in [0.15, 0.2) is 18.2 Å². The maximum Gasteiger partial charge on any atom is 0.223 e. The molecule has 0 aromatic heterocycles. The Kier molecular flexibility index (Phi) is 5.44. The Morgan fingerprint density at radius 3 is 2.67 bits per heavy atom. The molecule has 0 spiro atoms. The van der Waals surface area contributed by atoms with Crippen molar-refractivity contribution < 1.29 is 9.53 Å². The van der Waals surface area contributed by atoms with E-state index < -0.39 is 0 Å². The molecule has 1 aromatic rings. The number of carbonyl (C=O) groups is 1. The van der Waals surface area contributed by atoms with Crippen LogP contribution in [0.4, 0.5) is 0 Å². The van der Waals surface area contributed by atoms with Crippen molar-refractivity contribution in [2.45, 2.75) is 51.5 Å². The topological polar surface area (TPSA) is 64.3 Å². The van der Waals surface area contributed by atoms with Gasteiger partial charge in [-0.3, -0.25) is 4.79 Å². The second kappa shape index (κ2) is 7.56. The van der Waals surface area contributed by atoms with Gasteiger partial charge in [-0.25, -0.2) is 0 Å². The molecule has 2 aliphatic carbocycles. The van der Waals surface area contributed by atoms with E-state index in [0.29, 0.717) is 24.4 Å². The molecule has 2 bridgehead atoms. The van der Waals surface area contributed by atoms with E-state index in [9.17, 15) is 4.79 Å². The first-order valence-electron chi connectivity index (χ1n) is 9.25. The Hall–Kier alpha value is -1.55. The lowest BCUT2D eigenvalue weighted by Gasteiger charge is -2.43. The molecule has 2 aliphatic rings. The van der Waals surface area contributed by atoms with Crippen LogP contribution in [0.1, 0.15) is 43.2 Å². The fraction of sp³-hybridized carbons (Fsp3) is 0.650. The van der Waals surface area contributed by atoms with Crippen LogP contribution >= 0.6 is 0 Å². The molecule has 4 heteroatoms. The summed E-state index contributed by atoms with van der Waals surface area (Å²) in [5.74, 6) is 2.39. The molecule has 0 aliphatic heterocycles. The number of ether oxygens (including phenoxy) is 1. The van der Waals surface area contributed by atoms with Gasteiger partial charge < -0.3 is 15.8 Å². The van der Waals surface area contributed by atoms with Gasteiger partial charge in [0, 0.05) is 18.5 Å². The van der Waals surface area contributed by atoms with E-state index in [1.54, 1.807) is 7.11 Å². The van der Waals surface area contributed by atoms with E-state index in [1.165, 1.54) is 24.8 Å². The molecule has 2 saturated carbocycles. The van der Waals surface area contributed by atoms with Crippen molar-refractivity contribution in [1.29, 1.82) is 0 Å². The molecule has 3 rings (SSSR count). The number of hydrogen-bond donors (Lipinski definition) is 2. The van der Waals surface area contributed by atoms with Crippen molar-refractivity contribution in [3.05, 3.63) is 29.3 Å². The highest BCUT2D eigenvalue weighted by molar-refractivity contribution is 5.78. The summed E-state index contributed by atoms with van der Waals surface area (Å²) in [6, 6.07) is 6.56. The highest BCUT2D eigenvalue weighted by Crippen LogP contribution is 2.41. The van der Waals surface area contributed by atoms with Gasteiger partial charge in [-0.15, -0.1) is 0 Å². The van der Waals surface area contributed by atoms with Crippen LogP contribution in [0.25, 0.3) is 0 Å². The standard InChI is InChI=1S/C20H30N2O2/c1-13-6-7-14(10-18(13)24-2)8-9-22-20(23)17-11-15-4-3-5-16(12-17)19(15)21/h6-7,10,15-17,19H,3-5,8-9,11-12,21H2,1-2H3,(H,22,23). The van der Waals surface area contributed by atoms with Crippen molar-refractivity contribution in [2.24, 2.45) is 23.5 Å². The van der Waals surface area contributed by atoms with Crippen molar-refractivity contribution in [1.82, 2.24) is 5.32 Å². The third kappa shape index (κ3) is 3.75. The van der Waals surface area contributed by atoms with Crippen molar-refractivity contribution in [2.75, 3.05) is 13.7 Å². The fourth-order valence-electron chi connectivity index (χ4n) is 4.50. The number of amides is 1. The molecule has 24 heavy (non-hydrogen) atoms. The lowest BCUT2D eigenvalue weighted by atomic mass is 9.65. The van der Waals surface area contributed by atoms with Crippen molar-refractivity contribution in [3.8, 4) is 5.75 Å². The van der Waals surface area contributed by atoms with Crippen LogP contribution in [0, 0.1) is 24.7 Å². The number of nitrogens with one attached hydrogen (secondary N) is 1. The summed E-state index contributed by atoms with van der Waals surface area (Å²) in [4.78, 5) is 12.5. The van der Waals surface area contributed by atoms with Crippen LogP contribution < -0.4 is 15.8 Å². The number of nitrogens with two attached hydrogens (primary N) is 1. The van der Waals surface area contributed by atoms with Gasteiger partial charge in [0.1, 0.15) is 5.75 Å². The number of carbonyl (C=O) groups excluding carboxylic acids is 1. The zero-order valence-electron chi connectivity index (χ0n) is 14.9. The molecule has 1 amide bonds. The predicted octanol–water partition coefficient (Wildman–Crippen LogP) is 2.82. The summed E-state index contributed by atoms with van der Waals surface area (Å²) < 4.78 is 5.36. The van der Waals surface area contributed by atoms with Crippen LogP contribution in [0.2, 0.25) is 0 Å². The molecule has 0 radical (unpaired) electrons. The van der Waals surface area contributed by atoms with E-state index in [4.69, 9.17) is 10.5 Å². The fourth-order valence-corrected chi connectivity index (χ4v) is 4.50. The molecule has 2 unspecified atom stereocenters. The molecule has 2 atom stereocenters. The molecule has 3 N–H and O–H groups in total. The smallest absolute Gasteiger partial charge is 0.223 e. The normalized spacial score (nSPS) is 29.1. The molecule has 4 nitrogen and oxygen atoms in total. The summed E-state index contributed by atoms with van der Waals surface area (Å²) >= 11 is 0. The number of benzene rings is 1. The van der Waals surface area contributed by atoms with E-state index in [2.05, 4.69) is 23.5 Å². The van der Waals surface area contributed by atoms with Gasteiger partial charge in [-0.2, -0.15) is 0 Å². The van der Waals surface area contributed by atoms with Gasteiger partial charge >= 0.3 is 0 Å². The summed E-state index contributed by atoms with van der Waals surface area (Å²) in [7, 11) is 1.69. The number of methoxy groups -OCH3 is 1. The molecule has 2 fully saturated rings.